The minimum Gasteiger partial charge on any atom is -0.494 e. The molecule has 0 fully saturated rings. The van der Waals surface area contributed by atoms with Gasteiger partial charge in [-0.15, -0.1) is 0 Å². The molecule has 1 heterocycles. The van der Waals surface area contributed by atoms with Crippen molar-refractivity contribution in [2.45, 2.75) is 13.8 Å². The molecule has 3 aromatic carbocycles. The molecule has 0 saturated heterocycles. The summed E-state index contributed by atoms with van der Waals surface area (Å²) in [5.41, 5.74) is 2.73. The normalized spacial score (nSPS) is 14.6. The summed E-state index contributed by atoms with van der Waals surface area (Å²) in [5, 5.41) is 0.622. The molecule has 1 amide bonds. The van der Waals surface area contributed by atoms with Gasteiger partial charge in [0.05, 0.1) is 18.9 Å². The van der Waals surface area contributed by atoms with E-state index >= 15 is 0 Å². The molecule has 0 atom stereocenters. The van der Waals surface area contributed by atoms with Gasteiger partial charge in [0.2, 0.25) is 0 Å². The van der Waals surface area contributed by atoms with E-state index in [-0.39, 0.29) is 5.91 Å². The number of anilines is 1. The molecule has 162 valence electrons. The summed E-state index contributed by atoms with van der Waals surface area (Å²) in [7, 11) is 0. The van der Waals surface area contributed by atoms with Gasteiger partial charge in [0, 0.05) is 10.6 Å². The fourth-order valence-corrected chi connectivity index (χ4v) is 3.52. The first-order chi connectivity index (χ1) is 15.6. The molecule has 0 aromatic heterocycles. The molecule has 0 spiro atoms. The van der Waals surface area contributed by atoms with Crippen molar-refractivity contribution in [3.8, 4) is 11.5 Å². The molecule has 0 radical (unpaired) electrons. The highest BCUT2D eigenvalue weighted by molar-refractivity contribution is 6.34. The highest BCUT2D eigenvalue weighted by atomic mass is 35.5. The van der Waals surface area contributed by atoms with Gasteiger partial charge in [0.15, 0.2) is 0 Å². The van der Waals surface area contributed by atoms with Crippen LogP contribution >= 0.6 is 11.6 Å². The van der Waals surface area contributed by atoms with E-state index in [1.54, 1.807) is 23.1 Å². The molecule has 3 aromatic rings. The number of benzene rings is 3. The molecule has 0 unspecified atom stereocenters. The number of amides is 1. The zero-order valence-corrected chi connectivity index (χ0v) is 18.7. The second-order valence-electron chi connectivity index (χ2n) is 7.04. The van der Waals surface area contributed by atoms with Gasteiger partial charge >= 0.3 is 0 Å². The maximum atomic E-state index is 13.4. The van der Waals surface area contributed by atoms with Crippen LogP contribution in [0.4, 0.5) is 5.69 Å². The van der Waals surface area contributed by atoms with Crippen LogP contribution in [0.2, 0.25) is 5.02 Å². The Morgan fingerprint density at radius 3 is 1.97 bits per heavy atom. The lowest BCUT2D eigenvalue weighted by Gasteiger charge is -2.19. The molecule has 0 saturated carbocycles. The standard InChI is InChI=1S/C26H23ClN2O3/c1-3-31-22-13-5-18(6-14-22)17-24-26(30)29(21-11-15-23(16-12-21)32-4-2)25(28-24)19-7-9-20(27)10-8-19/h5-17H,3-4H2,1-2H3/b24-17+. The van der Waals surface area contributed by atoms with Crippen LogP contribution in [0.3, 0.4) is 0 Å². The topological polar surface area (TPSA) is 51.1 Å². The van der Waals surface area contributed by atoms with E-state index in [9.17, 15) is 4.79 Å². The van der Waals surface area contributed by atoms with Crippen LogP contribution in [-0.2, 0) is 4.79 Å². The van der Waals surface area contributed by atoms with E-state index in [1.807, 2.05) is 74.5 Å². The summed E-state index contributed by atoms with van der Waals surface area (Å²) in [6.07, 6.45) is 1.78. The zero-order valence-electron chi connectivity index (χ0n) is 17.9. The quantitative estimate of drug-likeness (QED) is 0.420. The van der Waals surface area contributed by atoms with E-state index in [1.165, 1.54) is 0 Å². The summed E-state index contributed by atoms with van der Waals surface area (Å²) in [4.78, 5) is 19.7. The number of carbonyl (C=O) groups is 1. The molecule has 32 heavy (non-hydrogen) atoms. The first-order valence-corrected chi connectivity index (χ1v) is 10.8. The van der Waals surface area contributed by atoms with Crippen LogP contribution < -0.4 is 14.4 Å². The predicted octanol–water partition coefficient (Wildman–Crippen LogP) is 5.97. The van der Waals surface area contributed by atoms with E-state index in [0.717, 1.165) is 22.6 Å². The van der Waals surface area contributed by atoms with Crippen molar-refractivity contribution in [1.82, 2.24) is 0 Å². The van der Waals surface area contributed by atoms with E-state index in [2.05, 4.69) is 4.99 Å². The summed E-state index contributed by atoms with van der Waals surface area (Å²) in [6, 6.07) is 22.3. The third-order valence-corrected chi connectivity index (χ3v) is 5.12. The van der Waals surface area contributed by atoms with Gasteiger partial charge in [-0.05, 0) is 86.2 Å². The van der Waals surface area contributed by atoms with Crippen LogP contribution in [0.25, 0.3) is 6.08 Å². The molecular formula is C26H23ClN2O3. The Kier molecular flexibility index (Phi) is 6.57. The van der Waals surface area contributed by atoms with Crippen molar-refractivity contribution in [2.24, 2.45) is 4.99 Å². The van der Waals surface area contributed by atoms with Crippen molar-refractivity contribution in [2.75, 3.05) is 18.1 Å². The van der Waals surface area contributed by atoms with Crippen LogP contribution in [0.5, 0.6) is 11.5 Å². The fourth-order valence-electron chi connectivity index (χ4n) is 3.39. The van der Waals surface area contributed by atoms with Gasteiger partial charge in [0.25, 0.3) is 5.91 Å². The number of amidine groups is 1. The molecule has 1 aliphatic heterocycles. The first-order valence-electron chi connectivity index (χ1n) is 10.5. The third-order valence-electron chi connectivity index (χ3n) is 4.86. The zero-order chi connectivity index (χ0) is 22.5. The minimum atomic E-state index is -0.201. The molecule has 0 aliphatic carbocycles. The van der Waals surface area contributed by atoms with Gasteiger partial charge in [-0.2, -0.15) is 0 Å². The Bertz CT molecular complexity index is 1150. The summed E-state index contributed by atoms with van der Waals surface area (Å²) >= 11 is 6.06. The fraction of sp³-hybridized carbons (Fsp3) is 0.154. The van der Waals surface area contributed by atoms with Crippen LogP contribution in [0.15, 0.2) is 83.5 Å². The Morgan fingerprint density at radius 1 is 0.844 bits per heavy atom. The largest absolute Gasteiger partial charge is 0.494 e. The van der Waals surface area contributed by atoms with Crippen molar-refractivity contribution >= 4 is 35.1 Å². The van der Waals surface area contributed by atoms with E-state index in [0.29, 0.717) is 35.5 Å². The van der Waals surface area contributed by atoms with Crippen molar-refractivity contribution in [3.63, 3.8) is 0 Å². The van der Waals surface area contributed by atoms with Gasteiger partial charge < -0.3 is 9.47 Å². The maximum absolute atomic E-state index is 13.4. The Labute approximate surface area is 192 Å². The highest BCUT2D eigenvalue weighted by Gasteiger charge is 2.32. The molecular weight excluding hydrogens is 424 g/mol. The third kappa shape index (κ3) is 4.68. The SMILES string of the molecule is CCOc1ccc(/C=C2/N=C(c3ccc(Cl)cc3)N(c3ccc(OCC)cc3)C2=O)cc1. The maximum Gasteiger partial charge on any atom is 0.282 e. The summed E-state index contributed by atoms with van der Waals surface area (Å²) in [6.45, 7) is 5.05. The Morgan fingerprint density at radius 2 is 1.41 bits per heavy atom. The van der Waals surface area contributed by atoms with Gasteiger partial charge in [-0.3, -0.25) is 9.69 Å². The number of carbonyl (C=O) groups excluding carboxylic acids is 1. The van der Waals surface area contributed by atoms with Crippen LogP contribution in [0.1, 0.15) is 25.0 Å². The minimum absolute atomic E-state index is 0.201. The predicted molar refractivity (Wildman–Crippen MR) is 129 cm³/mol. The molecule has 1 aliphatic rings. The number of hydrogen-bond acceptors (Lipinski definition) is 4. The monoisotopic (exact) mass is 446 g/mol. The lowest BCUT2D eigenvalue weighted by atomic mass is 10.1. The average Bonchev–Trinajstić information content (AvgIpc) is 3.12. The number of hydrogen-bond donors (Lipinski definition) is 0. The summed E-state index contributed by atoms with van der Waals surface area (Å²) in [5.74, 6) is 1.88. The molecule has 4 rings (SSSR count). The van der Waals surface area contributed by atoms with Crippen molar-refractivity contribution in [1.29, 1.82) is 0 Å². The summed E-state index contributed by atoms with van der Waals surface area (Å²) < 4.78 is 11.0. The number of halogens is 1. The van der Waals surface area contributed by atoms with E-state index < -0.39 is 0 Å². The van der Waals surface area contributed by atoms with Gasteiger partial charge in [-0.25, -0.2) is 4.99 Å². The second-order valence-corrected chi connectivity index (χ2v) is 7.48. The molecule has 0 bridgehead atoms. The number of ether oxygens (including phenoxy) is 2. The molecule has 6 heteroatoms. The van der Waals surface area contributed by atoms with Gasteiger partial charge in [0.1, 0.15) is 23.0 Å². The second kappa shape index (κ2) is 9.71. The lowest BCUT2D eigenvalue weighted by Crippen LogP contribution is -2.32. The highest BCUT2D eigenvalue weighted by Crippen LogP contribution is 2.30. The van der Waals surface area contributed by atoms with Crippen molar-refractivity contribution in [3.05, 3.63) is 94.6 Å². The Hall–Kier alpha value is -3.57. The number of rotatable bonds is 7. The molecule has 5 nitrogen and oxygen atoms in total. The number of aliphatic imine (C=N–C) groups is 1. The van der Waals surface area contributed by atoms with Gasteiger partial charge in [-0.1, -0.05) is 23.7 Å². The molecule has 0 N–H and O–H groups in total. The van der Waals surface area contributed by atoms with Crippen LogP contribution in [0, 0.1) is 0 Å². The Balaban J connectivity index is 1.72. The lowest BCUT2D eigenvalue weighted by molar-refractivity contribution is -0.113. The van der Waals surface area contributed by atoms with E-state index in [4.69, 9.17) is 21.1 Å². The number of nitrogens with zero attached hydrogens (tertiary/aromatic N) is 2. The average molecular weight is 447 g/mol. The van der Waals surface area contributed by atoms with Crippen molar-refractivity contribution < 1.29 is 14.3 Å². The first kappa shape index (κ1) is 21.7. The smallest absolute Gasteiger partial charge is 0.282 e. The van der Waals surface area contributed by atoms with Crippen LogP contribution in [-0.4, -0.2) is 25.0 Å².